The van der Waals surface area contributed by atoms with E-state index in [1.807, 2.05) is 22.4 Å². The normalized spacial score (nSPS) is 16.1. The second kappa shape index (κ2) is 12.7. The molecule has 0 amide bonds. The Morgan fingerprint density at radius 3 is 1.46 bits per heavy atom. The Kier molecular flexibility index (Phi) is 9.70. The van der Waals surface area contributed by atoms with Crippen LogP contribution in [0.5, 0.6) is 0 Å². The van der Waals surface area contributed by atoms with Gasteiger partial charge in [0.25, 0.3) is 6.37 Å². The van der Waals surface area contributed by atoms with Gasteiger partial charge in [0.1, 0.15) is 0 Å². The summed E-state index contributed by atoms with van der Waals surface area (Å²) in [5, 5.41) is 9.90. The maximum Gasteiger partial charge on any atom is 0.251 e. The summed E-state index contributed by atoms with van der Waals surface area (Å²) in [6.07, 6.45) is 4.18. The van der Waals surface area contributed by atoms with Gasteiger partial charge in [0.2, 0.25) is 0 Å². The predicted molar refractivity (Wildman–Crippen MR) is 167 cm³/mol. The third kappa shape index (κ3) is 6.13. The molecule has 2 aliphatic rings. The topological polar surface area (TPSA) is 24.1 Å². The highest BCUT2D eigenvalue weighted by molar-refractivity contribution is 8.72. The van der Waals surface area contributed by atoms with E-state index in [1.165, 1.54) is 45.8 Å². The van der Waals surface area contributed by atoms with Gasteiger partial charge >= 0.3 is 0 Å². The van der Waals surface area contributed by atoms with Gasteiger partial charge in [0.05, 0.1) is 8.39 Å². The monoisotopic (exact) mass is 554 g/mol. The summed E-state index contributed by atoms with van der Waals surface area (Å²) in [4.78, 5) is 0. The molecule has 4 rings (SSSR count). The minimum atomic E-state index is -2.49. The molecule has 0 atom stereocenters. The number of rotatable bonds is 10. The number of thiocarbonyl (C=S) groups is 2. The fraction of sp³-hybridized carbons (Fsp3) is 0.357. The Morgan fingerprint density at radius 2 is 1.09 bits per heavy atom. The summed E-state index contributed by atoms with van der Waals surface area (Å²) in [5.74, 6) is 0. The Balaban J connectivity index is 1.80. The molecule has 0 bridgehead atoms. The van der Waals surface area contributed by atoms with Crippen LogP contribution in [0.3, 0.4) is 0 Å². The molecule has 2 aromatic rings. The highest BCUT2D eigenvalue weighted by Crippen LogP contribution is 2.42. The van der Waals surface area contributed by atoms with Gasteiger partial charge in [-0.15, -0.1) is 22.4 Å². The summed E-state index contributed by atoms with van der Waals surface area (Å²) in [7, 11) is 0. The second-order valence-electron chi connectivity index (χ2n) is 8.81. The molecule has 0 unspecified atom stereocenters. The van der Waals surface area contributed by atoms with E-state index in [2.05, 4.69) is 85.1 Å². The lowest BCUT2D eigenvalue weighted by Crippen LogP contribution is -2.54. The van der Waals surface area contributed by atoms with Crippen LogP contribution in [0.25, 0.3) is 0 Å². The van der Waals surface area contributed by atoms with Gasteiger partial charge in [-0.25, -0.2) is 0 Å². The summed E-state index contributed by atoms with van der Waals surface area (Å²) >= 11 is 16.3. The largest absolute Gasteiger partial charge is 0.388 e. The lowest BCUT2D eigenvalue weighted by atomic mass is 10.2. The summed E-state index contributed by atoms with van der Waals surface area (Å²) in [6.45, 7) is 6.20. The molecule has 0 saturated heterocycles. The van der Waals surface area contributed by atoms with Crippen LogP contribution in [0.4, 0.5) is 0 Å². The van der Waals surface area contributed by atoms with Crippen molar-refractivity contribution in [2.24, 2.45) is 0 Å². The Bertz CT molecular complexity index is 1020. The molecule has 0 aromatic heterocycles. The quantitative estimate of drug-likeness (QED) is 0.258. The third-order valence-corrected chi connectivity index (χ3v) is 19.3. The van der Waals surface area contributed by atoms with Crippen molar-refractivity contribution in [3.05, 3.63) is 83.2 Å². The van der Waals surface area contributed by atoms with Crippen molar-refractivity contribution in [3.63, 3.8) is 0 Å². The zero-order valence-electron chi connectivity index (χ0n) is 20.6. The fourth-order valence-corrected chi connectivity index (χ4v) is 19.2. The van der Waals surface area contributed by atoms with E-state index in [0.717, 1.165) is 47.2 Å². The van der Waals surface area contributed by atoms with E-state index < -0.39 is 6.37 Å². The summed E-state index contributed by atoms with van der Waals surface area (Å²) < 4.78 is 2.08. The number of hydrogen-bond acceptors (Lipinski definition) is 6. The number of allylic oxidation sites excluding steroid dienone is 2. The third-order valence-electron chi connectivity index (χ3n) is 6.49. The lowest BCUT2D eigenvalue weighted by Gasteiger charge is -2.32. The van der Waals surface area contributed by atoms with Gasteiger partial charge < -0.3 is 10.6 Å². The molecular weight excluding hydrogens is 521 g/mol. The van der Waals surface area contributed by atoms with E-state index >= 15 is 0 Å². The fourth-order valence-electron chi connectivity index (χ4n) is 4.88. The Morgan fingerprint density at radius 1 is 0.686 bits per heavy atom. The molecule has 2 nitrogen and oxygen atoms in total. The summed E-state index contributed by atoms with van der Waals surface area (Å²) in [6, 6.07) is 22.0. The molecule has 0 fully saturated rings. The number of benzene rings is 2. The first-order chi connectivity index (χ1) is 17.1. The van der Waals surface area contributed by atoms with Gasteiger partial charge in [0.15, 0.2) is 0 Å². The van der Waals surface area contributed by atoms with Crippen LogP contribution >= 0.6 is 46.9 Å². The van der Waals surface area contributed by atoms with E-state index in [4.69, 9.17) is 24.4 Å². The number of nitrogens with one attached hydrogen (secondary N) is 2. The molecule has 0 radical (unpaired) electrons. The minimum Gasteiger partial charge on any atom is -0.388 e. The average Bonchev–Trinajstić information content (AvgIpc) is 3.55. The number of hydrogen-bond donors (Lipinski definition) is 2. The van der Waals surface area contributed by atoms with Crippen molar-refractivity contribution in [1.82, 2.24) is 10.6 Å². The minimum absolute atomic E-state index is 0.937. The van der Waals surface area contributed by atoms with Crippen molar-refractivity contribution < 1.29 is 0 Å². The zero-order chi connectivity index (χ0) is 24.7. The maximum absolute atomic E-state index is 6.22. The van der Waals surface area contributed by atoms with Crippen LogP contribution in [0.15, 0.2) is 83.2 Å². The molecule has 0 heterocycles. The second-order valence-corrected chi connectivity index (χ2v) is 19.4. The van der Waals surface area contributed by atoms with Crippen LogP contribution in [-0.4, -0.2) is 27.9 Å². The highest BCUT2D eigenvalue weighted by Gasteiger charge is 2.43. The first-order valence-electron chi connectivity index (χ1n) is 12.6. The van der Waals surface area contributed by atoms with Crippen molar-refractivity contribution in [1.29, 1.82) is 0 Å². The van der Waals surface area contributed by atoms with Crippen molar-refractivity contribution in [3.8, 4) is 0 Å². The van der Waals surface area contributed by atoms with E-state index in [9.17, 15) is 0 Å². The van der Waals surface area contributed by atoms with Gasteiger partial charge in [-0.3, -0.25) is 0 Å². The maximum atomic E-state index is 6.22. The first kappa shape index (κ1) is 26.7. The van der Waals surface area contributed by atoms with Gasteiger partial charge in [-0.2, -0.15) is 0 Å². The van der Waals surface area contributed by atoms with Crippen LogP contribution in [0.2, 0.25) is 0 Å². The van der Waals surface area contributed by atoms with Crippen LogP contribution < -0.4 is 21.0 Å². The van der Waals surface area contributed by atoms with Crippen molar-refractivity contribution >= 4 is 72.0 Å². The molecule has 7 heteroatoms. The molecule has 184 valence electrons. The van der Waals surface area contributed by atoms with Gasteiger partial charge in [-0.1, -0.05) is 85.1 Å². The van der Waals surface area contributed by atoms with Crippen molar-refractivity contribution in [2.45, 2.75) is 52.4 Å². The molecule has 0 saturated carbocycles. The molecule has 2 aromatic carbocycles. The first-order valence-corrected chi connectivity index (χ1v) is 18.5. The zero-order valence-corrected chi connectivity index (χ0v) is 24.8. The van der Waals surface area contributed by atoms with Crippen LogP contribution in [0.1, 0.15) is 52.4 Å². The Labute approximate surface area is 230 Å². The lowest BCUT2D eigenvalue weighted by molar-refractivity contribution is 0.789. The van der Waals surface area contributed by atoms with Gasteiger partial charge in [-0.05, 0) is 73.9 Å². The Hall–Kier alpha value is -1.38. The smallest absolute Gasteiger partial charge is 0.251 e. The van der Waals surface area contributed by atoms with Crippen molar-refractivity contribution in [2.75, 3.05) is 13.1 Å². The molecule has 2 N–H and O–H groups in total. The molecular formula is C28H34N2S4Si. The van der Waals surface area contributed by atoms with Gasteiger partial charge in [0, 0.05) is 24.5 Å². The molecule has 0 spiro atoms. The molecule has 35 heavy (non-hydrogen) atoms. The standard InChI is InChI=1S/C28H34N2S4Si/c1-3-29-25-19-11-17-23(25)27(31)33-35(21-13-7-5-8-14-21,22-15-9-6-10-16-22)34-28(32)24-18-12-20-26(24)30-4-2/h5-10,13-16,29-30H,3-4,11-12,17-20H2,1-2H3. The molecule has 0 aliphatic heterocycles. The average molecular weight is 555 g/mol. The molecule has 2 aliphatic carbocycles. The van der Waals surface area contributed by atoms with E-state index in [0.29, 0.717) is 0 Å². The van der Waals surface area contributed by atoms with E-state index in [-0.39, 0.29) is 0 Å². The summed E-state index contributed by atoms with van der Waals surface area (Å²) in [5.41, 5.74) is 5.37. The van der Waals surface area contributed by atoms with Crippen LogP contribution in [0, 0.1) is 0 Å². The van der Waals surface area contributed by atoms with Crippen LogP contribution in [-0.2, 0) is 0 Å². The highest BCUT2D eigenvalue weighted by atomic mass is 32.6. The van der Waals surface area contributed by atoms with E-state index in [1.54, 1.807) is 0 Å². The SMILES string of the molecule is CCNC1=C(C(=S)S[Si](SC(=S)C2=C(NCC)CCC2)(c2ccccc2)c2ccccc2)CCC1. The predicted octanol–water partition coefficient (Wildman–Crippen LogP) is 6.46.